The molecule has 0 bridgehead atoms. The summed E-state index contributed by atoms with van der Waals surface area (Å²) >= 11 is 1.75. The smallest absolute Gasteiger partial charge is 0.232 e. The van der Waals surface area contributed by atoms with Crippen LogP contribution in [-0.4, -0.2) is 69.2 Å². The molecule has 2 fully saturated rings. The fraction of sp³-hybridized carbons (Fsp3) is 0.833. The van der Waals surface area contributed by atoms with E-state index in [4.69, 9.17) is 0 Å². The van der Waals surface area contributed by atoms with E-state index in [1.165, 1.54) is 12.8 Å². The maximum absolute atomic E-state index is 12.3. The molecular formula is C18H31N5OS. The van der Waals surface area contributed by atoms with Gasteiger partial charge in [0, 0.05) is 25.0 Å². The molecule has 0 spiro atoms. The minimum absolute atomic E-state index is 0.300. The highest BCUT2D eigenvalue weighted by Crippen LogP contribution is 2.40. The number of thioether (sulfide) groups is 1. The maximum Gasteiger partial charge on any atom is 0.232 e. The molecule has 6 nitrogen and oxygen atoms in total. The zero-order valence-corrected chi connectivity index (χ0v) is 16.6. The van der Waals surface area contributed by atoms with Crippen LogP contribution in [0.4, 0.5) is 0 Å². The van der Waals surface area contributed by atoms with E-state index in [2.05, 4.69) is 40.7 Å². The zero-order chi connectivity index (χ0) is 17.8. The van der Waals surface area contributed by atoms with Gasteiger partial charge in [-0.2, -0.15) is 11.8 Å². The summed E-state index contributed by atoms with van der Waals surface area (Å²) in [4.78, 5) is 16.5. The summed E-state index contributed by atoms with van der Waals surface area (Å²) in [6, 6.07) is 0.602. The summed E-state index contributed by atoms with van der Waals surface area (Å²) in [6.07, 6.45) is 5.65. The van der Waals surface area contributed by atoms with Crippen molar-refractivity contribution >= 4 is 17.7 Å². The van der Waals surface area contributed by atoms with Gasteiger partial charge >= 0.3 is 0 Å². The molecule has 140 valence electrons. The van der Waals surface area contributed by atoms with Crippen molar-refractivity contribution in [2.24, 2.45) is 0 Å². The number of piperidine rings is 1. The van der Waals surface area contributed by atoms with E-state index in [1.807, 2.05) is 4.90 Å². The second kappa shape index (κ2) is 8.54. The van der Waals surface area contributed by atoms with E-state index in [-0.39, 0.29) is 0 Å². The largest absolute Gasteiger partial charge is 0.342 e. The first kappa shape index (κ1) is 18.7. The van der Waals surface area contributed by atoms with Crippen LogP contribution in [0, 0.1) is 0 Å². The number of carbonyl (C=O) groups excluding carboxylic acids is 1. The molecule has 1 aromatic rings. The van der Waals surface area contributed by atoms with Crippen molar-refractivity contribution in [2.75, 3.05) is 38.7 Å². The molecular weight excluding hydrogens is 334 g/mol. The average molecular weight is 366 g/mol. The Morgan fingerprint density at radius 3 is 2.52 bits per heavy atom. The SMILES string of the molecule is CCCSCC(=O)N1CCC(c2nnc(CN(C)C)n2C2CC2)CC1. The molecule has 7 heteroatoms. The van der Waals surface area contributed by atoms with Crippen LogP contribution in [0.25, 0.3) is 0 Å². The minimum Gasteiger partial charge on any atom is -0.342 e. The van der Waals surface area contributed by atoms with Gasteiger partial charge in [0.15, 0.2) is 0 Å². The van der Waals surface area contributed by atoms with E-state index in [0.29, 0.717) is 23.6 Å². The lowest BCUT2D eigenvalue weighted by Crippen LogP contribution is -2.39. The number of aromatic nitrogens is 3. The fourth-order valence-corrected chi connectivity index (χ4v) is 4.31. The predicted molar refractivity (Wildman–Crippen MR) is 102 cm³/mol. The van der Waals surface area contributed by atoms with Crippen molar-refractivity contribution < 1.29 is 4.79 Å². The topological polar surface area (TPSA) is 54.3 Å². The first-order valence-corrected chi connectivity index (χ1v) is 10.7. The van der Waals surface area contributed by atoms with Gasteiger partial charge in [-0.25, -0.2) is 0 Å². The van der Waals surface area contributed by atoms with E-state index < -0.39 is 0 Å². The lowest BCUT2D eigenvalue weighted by atomic mass is 9.96. The van der Waals surface area contributed by atoms with Crippen LogP contribution in [0.5, 0.6) is 0 Å². The van der Waals surface area contributed by atoms with Gasteiger partial charge in [-0.3, -0.25) is 4.79 Å². The number of carbonyl (C=O) groups is 1. The van der Waals surface area contributed by atoms with Crippen LogP contribution in [0.2, 0.25) is 0 Å². The van der Waals surface area contributed by atoms with Gasteiger partial charge in [-0.1, -0.05) is 6.92 Å². The second-order valence-electron chi connectivity index (χ2n) is 7.52. The summed E-state index contributed by atoms with van der Waals surface area (Å²) in [5.41, 5.74) is 0. The van der Waals surface area contributed by atoms with Gasteiger partial charge in [0.25, 0.3) is 0 Å². The molecule has 0 atom stereocenters. The first-order valence-electron chi connectivity index (χ1n) is 9.54. The molecule has 25 heavy (non-hydrogen) atoms. The highest BCUT2D eigenvalue weighted by Gasteiger charge is 2.34. The highest BCUT2D eigenvalue weighted by atomic mass is 32.2. The lowest BCUT2D eigenvalue weighted by molar-refractivity contribution is -0.129. The summed E-state index contributed by atoms with van der Waals surface area (Å²) in [7, 11) is 4.15. The number of hydrogen-bond acceptors (Lipinski definition) is 5. The van der Waals surface area contributed by atoms with Crippen LogP contribution in [0.15, 0.2) is 0 Å². The molecule has 0 N–H and O–H groups in total. The highest BCUT2D eigenvalue weighted by molar-refractivity contribution is 7.99. The zero-order valence-electron chi connectivity index (χ0n) is 15.8. The molecule has 0 aromatic carbocycles. The summed E-state index contributed by atoms with van der Waals surface area (Å²) in [6.45, 7) is 4.71. The first-order chi connectivity index (χ1) is 12.1. The summed E-state index contributed by atoms with van der Waals surface area (Å²) < 4.78 is 2.40. The van der Waals surface area contributed by atoms with E-state index >= 15 is 0 Å². The number of rotatable bonds is 8. The van der Waals surface area contributed by atoms with Crippen molar-refractivity contribution in [2.45, 2.75) is 57.5 Å². The molecule has 1 aliphatic carbocycles. The van der Waals surface area contributed by atoms with Crippen LogP contribution >= 0.6 is 11.8 Å². The number of amides is 1. The summed E-state index contributed by atoms with van der Waals surface area (Å²) in [5.74, 6) is 4.69. The summed E-state index contributed by atoms with van der Waals surface area (Å²) in [5, 5.41) is 9.05. The number of nitrogens with zero attached hydrogens (tertiary/aromatic N) is 5. The van der Waals surface area contributed by atoms with Gasteiger partial charge in [-0.05, 0) is 52.0 Å². The van der Waals surface area contributed by atoms with Crippen molar-refractivity contribution in [3.8, 4) is 0 Å². The van der Waals surface area contributed by atoms with Crippen molar-refractivity contribution in [1.82, 2.24) is 24.6 Å². The monoisotopic (exact) mass is 365 g/mol. The van der Waals surface area contributed by atoms with E-state index in [1.54, 1.807) is 11.8 Å². The number of hydrogen-bond donors (Lipinski definition) is 0. The molecule has 1 aromatic heterocycles. The van der Waals surface area contributed by atoms with Crippen LogP contribution in [0.1, 0.15) is 62.6 Å². The standard InChI is InChI=1S/C18H31N5OS/c1-4-11-25-13-17(24)22-9-7-14(8-10-22)18-20-19-16(12-21(2)3)23(18)15-5-6-15/h14-15H,4-13H2,1-3H3. The normalized spacial score (nSPS) is 19.0. The van der Waals surface area contributed by atoms with Gasteiger partial charge in [0.1, 0.15) is 11.6 Å². The van der Waals surface area contributed by atoms with Crippen molar-refractivity contribution in [1.29, 1.82) is 0 Å². The third-order valence-electron chi connectivity index (χ3n) is 4.95. The fourth-order valence-electron chi connectivity index (χ4n) is 3.52. The Bertz CT molecular complexity index is 576. The molecule has 2 aliphatic rings. The quantitative estimate of drug-likeness (QED) is 0.663. The Hall–Kier alpha value is -1.08. The van der Waals surface area contributed by atoms with E-state index in [0.717, 1.165) is 56.3 Å². The van der Waals surface area contributed by atoms with Crippen LogP contribution in [0.3, 0.4) is 0 Å². The van der Waals surface area contributed by atoms with Crippen LogP contribution < -0.4 is 0 Å². The Morgan fingerprint density at radius 1 is 1.20 bits per heavy atom. The predicted octanol–water partition coefficient (Wildman–Crippen LogP) is 2.52. The Labute approximate surface area is 155 Å². The Balaban J connectivity index is 1.59. The third-order valence-corrected chi connectivity index (χ3v) is 6.10. The molecule has 1 aliphatic heterocycles. The van der Waals surface area contributed by atoms with E-state index in [9.17, 15) is 4.79 Å². The van der Waals surface area contributed by atoms with Gasteiger partial charge in [0.05, 0.1) is 12.3 Å². The Morgan fingerprint density at radius 2 is 1.92 bits per heavy atom. The van der Waals surface area contributed by atoms with Crippen molar-refractivity contribution in [3.63, 3.8) is 0 Å². The molecule has 1 amide bonds. The minimum atomic E-state index is 0.300. The maximum atomic E-state index is 12.3. The molecule has 1 saturated carbocycles. The number of likely N-dealkylation sites (tertiary alicyclic amines) is 1. The van der Waals surface area contributed by atoms with Gasteiger partial charge in [-0.15, -0.1) is 10.2 Å². The van der Waals surface area contributed by atoms with Crippen LogP contribution in [-0.2, 0) is 11.3 Å². The van der Waals surface area contributed by atoms with Crippen molar-refractivity contribution in [3.05, 3.63) is 11.6 Å². The van der Waals surface area contributed by atoms with Gasteiger partial charge < -0.3 is 14.4 Å². The molecule has 3 rings (SSSR count). The molecule has 0 radical (unpaired) electrons. The molecule has 2 heterocycles. The third kappa shape index (κ3) is 4.76. The second-order valence-corrected chi connectivity index (χ2v) is 8.63. The lowest BCUT2D eigenvalue weighted by Gasteiger charge is -2.32. The van der Waals surface area contributed by atoms with Gasteiger partial charge in [0.2, 0.25) is 5.91 Å². The molecule has 1 saturated heterocycles. The average Bonchev–Trinajstić information content (AvgIpc) is 3.35. The Kier molecular flexibility index (Phi) is 6.39. The molecule has 0 unspecified atom stereocenters.